The summed E-state index contributed by atoms with van der Waals surface area (Å²) in [5, 5.41) is 18.0. The second-order valence-corrected chi connectivity index (χ2v) is 7.25. The van der Waals surface area contributed by atoms with Crippen molar-refractivity contribution in [2.24, 2.45) is 0 Å². The predicted octanol–water partition coefficient (Wildman–Crippen LogP) is 0.529. The topological polar surface area (TPSA) is 104 Å². The number of carboxylic acids is 1. The second-order valence-electron chi connectivity index (χ2n) is 4.49. The zero-order chi connectivity index (χ0) is 15.6. The quantitative estimate of drug-likeness (QED) is 0.790. The third kappa shape index (κ3) is 3.43. The molecule has 2 N–H and O–H groups in total. The number of hydrogen-bond acceptors (Lipinski definition) is 5. The van der Waals surface area contributed by atoms with E-state index in [0.717, 1.165) is 0 Å². The summed E-state index contributed by atoms with van der Waals surface area (Å²) in [6.07, 6.45) is -0.550. The summed E-state index contributed by atoms with van der Waals surface area (Å²) < 4.78 is 31.8. The molecule has 116 valence electrons. The Morgan fingerprint density at radius 3 is 2.76 bits per heavy atom. The fourth-order valence-electron chi connectivity index (χ4n) is 2.00. The molecular formula is C12H14BrNO6S. The number of sulfonamides is 1. The molecule has 1 saturated heterocycles. The highest BCUT2D eigenvalue weighted by atomic mass is 79.9. The van der Waals surface area contributed by atoms with E-state index in [0.29, 0.717) is 0 Å². The van der Waals surface area contributed by atoms with Gasteiger partial charge < -0.3 is 14.9 Å². The maximum absolute atomic E-state index is 12.6. The van der Waals surface area contributed by atoms with E-state index in [1.165, 1.54) is 22.5 Å². The van der Waals surface area contributed by atoms with Gasteiger partial charge in [0.05, 0.1) is 29.8 Å². The fourth-order valence-corrected chi connectivity index (χ4v) is 4.50. The summed E-state index contributed by atoms with van der Waals surface area (Å²) in [7, 11) is -3.78. The van der Waals surface area contributed by atoms with Gasteiger partial charge in [-0.2, -0.15) is 4.31 Å². The lowest BCUT2D eigenvalue weighted by molar-refractivity contribution is -0.0304. The second kappa shape index (κ2) is 6.41. The summed E-state index contributed by atoms with van der Waals surface area (Å²) >= 11 is 3.10. The van der Waals surface area contributed by atoms with Gasteiger partial charge in [0.25, 0.3) is 0 Å². The van der Waals surface area contributed by atoms with Crippen molar-refractivity contribution in [2.45, 2.75) is 11.0 Å². The lowest BCUT2D eigenvalue weighted by Gasteiger charge is -2.31. The molecule has 1 fully saturated rings. The van der Waals surface area contributed by atoms with E-state index in [1.807, 2.05) is 0 Å². The van der Waals surface area contributed by atoms with Crippen molar-refractivity contribution in [1.82, 2.24) is 4.31 Å². The Morgan fingerprint density at radius 2 is 2.19 bits per heavy atom. The number of aromatic carboxylic acids is 1. The smallest absolute Gasteiger partial charge is 0.335 e. The molecule has 0 radical (unpaired) electrons. The number of morpholine rings is 1. The number of nitrogens with zero attached hydrogens (tertiary/aromatic N) is 1. The van der Waals surface area contributed by atoms with E-state index in [-0.39, 0.29) is 41.2 Å². The Labute approximate surface area is 130 Å². The van der Waals surface area contributed by atoms with Gasteiger partial charge in [0.15, 0.2) is 0 Å². The molecule has 0 bridgehead atoms. The SMILES string of the molecule is O=C(O)c1ccc(S(=O)(=O)N2CCOC(CO)C2)c(Br)c1. The first kappa shape index (κ1) is 16.4. The van der Waals surface area contributed by atoms with Crippen LogP contribution in [0.4, 0.5) is 0 Å². The number of ether oxygens (including phenoxy) is 1. The Kier molecular flexibility index (Phi) is 4.99. The van der Waals surface area contributed by atoms with E-state index in [4.69, 9.17) is 14.9 Å². The molecule has 0 amide bonds. The zero-order valence-electron chi connectivity index (χ0n) is 10.9. The summed E-state index contributed by atoms with van der Waals surface area (Å²) in [5.41, 5.74) is -0.00367. The molecule has 0 aliphatic carbocycles. The minimum Gasteiger partial charge on any atom is -0.478 e. The monoisotopic (exact) mass is 379 g/mol. The number of benzene rings is 1. The molecule has 0 aromatic heterocycles. The van der Waals surface area contributed by atoms with Gasteiger partial charge in [-0.3, -0.25) is 0 Å². The van der Waals surface area contributed by atoms with Crippen LogP contribution < -0.4 is 0 Å². The molecule has 1 aromatic rings. The van der Waals surface area contributed by atoms with Gasteiger partial charge in [-0.25, -0.2) is 13.2 Å². The highest BCUT2D eigenvalue weighted by Crippen LogP contribution is 2.27. The van der Waals surface area contributed by atoms with Crippen molar-refractivity contribution in [1.29, 1.82) is 0 Å². The lowest BCUT2D eigenvalue weighted by atomic mass is 10.2. The van der Waals surface area contributed by atoms with Crippen LogP contribution in [0.5, 0.6) is 0 Å². The number of aliphatic hydroxyl groups excluding tert-OH is 1. The van der Waals surface area contributed by atoms with Crippen molar-refractivity contribution in [3.8, 4) is 0 Å². The van der Waals surface area contributed by atoms with Crippen LogP contribution in [0, 0.1) is 0 Å². The van der Waals surface area contributed by atoms with Crippen LogP contribution in [0.3, 0.4) is 0 Å². The Morgan fingerprint density at radius 1 is 1.48 bits per heavy atom. The summed E-state index contributed by atoms with van der Waals surface area (Å²) in [4.78, 5) is 10.9. The molecule has 1 aliphatic heterocycles. The highest BCUT2D eigenvalue weighted by molar-refractivity contribution is 9.10. The molecule has 1 aliphatic rings. The van der Waals surface area contributed by atoms with Crippen molar-refractivity contribution >= 4 is 31.9 Å². The van der Waals surface area contributed by atoms with Gasteiger partial charge in [-0.15, -0.1) is 0 Å². The van der Waals surface area contributed by atoms with E-state index >= 15 is 0 Å². The van der Waals surface area contributed by atoms with Crippen molar-refractivity contribution in [3.05, 3.63) is 28.2 Å². The van der Waals surface area contributed by atoms with Crippen LogP contribution in [-0.4, -0.2) is 61.3 Å². The Bertz CT molecular complexity index is 647. The van der Waals surface area contributed by atoms with Crippen LogP contribution in [0.25, 0.3) is 0 Å². The molecule has 21 heavy (non-hydrogen) atoms. The van der Waals surface area contributed by atoms with Crippen molar-refractivity contribution in [3.63, 3.8) is 0 Å². The number of carboxylic acid groups (broad SMARTS) is 1. The number of halogens is 1. The lowest BCUT2D eigenvalue weighted by Crippen LogP contribution is -2.46. The number of hydrogen-bond donors (Lipinski definition) is 2. The largest absolute Gasteiger partial charge is 0.478 e. The normalized spacial score (nSPS) is 20.4. The maximum atomic E-state index is 12.6. The van der Waals surface area contributed by atoms with Crippen molar-refractivity contribution < 1.29 is 28.2 Å². The van der Waals surface area contributed by atoms with E-state index < -0.39 is 22.1 Å². The Balaban J connectivity index is 2.33. The molecule has 1 atom stereocenters. The molecule has 1 aromatic carbocycles. The first-order valence-corrected chi connectivity index (χ1v) is 8.35. The molecule has 2 rings (SSSR count). The van der Waals surface area contributed by atoms with Gasteiger partial charge in [0.2, 0.25) is 10.0 Å². The molecule has 1 unspecified atom stereocenters. The average Bonchev–Trinajstić information content (AvgIpc) is 2.46. The molecule has 0 spiro atoms. The van der Waals surface area contributed by atoms with Gasteiger partial charge in [-0.05, 0) is 34.1 Å². The van der Waals surface area contributed by atoms with Crippen LogP contribution in [0.2, 0.25) is 0 Å². The minimum atomic E-state index is -3.78. The number of aliphatic hydroxyl groups is 1. The van der Waals surface area contributed by atoms with E-state index in [2.05, 4.69) is 15.9 Å². The fraction of sp³-hybridized carbons (Fsp3) is 0.417. The summed E-state index contributed by atoms with van der Waals surface area (Å²) in [5.74, 6) is -1.13. The first-order chi connectivity index (χ1) is 9.86. The highest BCUT2D eigenvalue weighted by Gasteiger charge is 2.32. The molecule has 0 saturated carbocycles. The van der Waals surface area contributed by atoms with Gasteiger partial charge in [0.1, 0.15) is 0 Å². The average molecular weight is 380 g/mol. The maximum Gasteiger partial charge on any atom is 0.335 e. The first-order valence-electron chi connectivity index (χ1n) is 6.11. The zero-order valence-corrected chi connectivity index (χ0v) is 13.3. The molecular weight excluding hydrogens is 366 g/mol. The van der Waals surface area contributed by atoms with Crippen molar-refractivity contribution in [2.75, 3.05) is 26.3 Å². The molecule has 1 heterocycles. The minimum absolute atomic E-state index is 0.00367. The van der Waals surface area contributed by atoms with Gasteiger partial charge in [-0.1, -0.05) is 0 Å². The van der Waals surface area contributed by atoms with Crippen LogP contribution in [0.15, 0.2) is 27.6 Å². The summed E-state index contributed by atoms with van der Waals surface area (Å²) in [6, 6.07) is 3.75. The third-order valence-electron chi connectivity index (χ3n) is 3.10. The van der Waals surface area contributed by atoms with E-state index in [9.17, 15) is 13.2 Å². The molecule has 9 heteroatoms. The molecule has 7 nitrogen and oxygen atoms in total. The van der Waals surface area contributed by atoms with E-state index in [1.54, 1.807) is 0 Å². The van der Waals surface area contributed by atoms with Crippen LogP contribution >= 0.6 is 15.9 Å². The predicted molar refractivity (Wildman–Crippen MR) is 76.7 cm³/mol. The summed E-state index contributed by atoms with van der Waals surface area (Å²) in [6.45, 7) is 0.193. The Hall–Kier alpha value is -1.00. The van der Waals surface area contributed by atoms with Gasteiger partial charge in [0, 0.05) is 17.6 Å². The number of rotatable bonds is 4. The van der Waals surface area contributed by atoms with Crippen LogP contribution in [-0.2, 0) is 14.8 Å². The number of carbonyl (C=O) groups is 1. The standard InChI is InChI=1S/C12H14BrNO6S/c13-10-5-8(12(16)17)1-2-11(10)21(18,19)14-3-4-20-9(6-14)7-15/h1-2,5,9,15H,3-4,6-7H2,(H,16,17). The van der Waals surface area contributed by atoms with Gasteiger partial charge >= 0.3 is 5.97 Å². The van der Waals surface area contributed by atoms with Crippen LogP contribution in [0.1, 0.15) is 10.4 Å². The third-order valence-corrected chi connectivity index (χ3v) is 5.94.